The van der Waals surface area contributed by atoms with E-state index < -0.39 is 5.41 Å². The molecular weight excluding hydrogens is 268 g/mol. The highest BCUT2D eigenvalue weighted by molar-refractivity contribution is 6.05. The summed E-state index contributed by atoms with van der Waals surface area (Å²) in [4.78, 5) is 23.3. The van der Waals surface area contributed by atoms with Gasteiger partial charge in [0.15, 0.2) is 0 Å². The molecule has 0 saturated carbocycles. The van der Waals surface area contributed by atoms with E-state index >= 15 is 0 Å². The number of hydrogen-bond acceptors (Lipinski definition) is 4. The number of carbonyl (C=O) groups is 2. The number of nitrogens with one attached hydrogen (secondary N) is 1. The molecule has 1 aliphatic heterocycles. The number of fused-ring (bicyclic) bond motifs is 1. The summed E-state index contributed by atoms with van der Waals surface area (Å²) in [6.45, 7) is 5.95. The molecule has 2 rings (SSSR count). The Bertz CT molecular complexity index is 567. The van der Waals surface area contributed by atoms with Gasteiger partial charge >= 0.3 is 5.97 Å². The van der Waals surface area contributed by atoms with Gasteiger partial charge in [0, 0.05) is 18.2 Å². The van der Waals surface area contributed by atoms with Crippen LogP contribution < -0.4 is 11.1 Å². The molecule has 1 aromatic carbocycles. The molecule has 0 saturated heterocycles. The van der Waals surface area contributed by atoms with E-state index in [1.54, 1.807) is 6.92 Å². The Labute approximate surface area is 124 Å². The fourth-order valence-electron chi connectivity index (χ4n) is 2.49. The molecule has 0 aromatic heterocycles. The summed E-state index contributed by atoms with van der Waals surface area (Å²) in [7, 11) is 0. The first kappa shape index (κ1) is 15.5. The van der Waals surface area contributed by atoms with E-state index in [9.17, 15) is 9.59 Å². The van der Waals surface area contributed by atoms with E-state index in [1.807, 2.05) is 32.0 Å². The van der Waals surface area contributed by atoms with E-state index in [-0.39, 0.29) is 17.9 Å². The van der Waals surface area contributed by atoms with Gasteiger partial charge in [-0.05, 0) is 44.4 Å². The maximum Gasteiger partial charge on any atom is 0.305 e. The zero-order valence-electron chi connectivity index (χ0n) is 12.7. The van der Waals surface area contributed by atoms with Crippen LogP contribution in [0.1, 0.15) is 50.8 Å². The van der Waals surface area contributed by atoms with Crippen LogP contribution in [0.2, 0.25) is 0 Å². The van der Waals surface area contributed by atoms with Gasteiger partial charge in [-0.15, -0.1) is 0 Å². The van der Waals surface area contributed by atoms with E-state index in [4.69, 9.17) is 10.5 Å². The van der Waals surface area contributed by atoms with Crippen LogP contribution in [0.15, 0.2) is 18.2 Å². The molecule has 5 nitrogen and oxygen atoms in total. The summed E-state index contributed by atoms with van der Waals surface area (Å²) < 4.78 is 4.90. The number of benzene rings is 1. The van der Waals surface area contributed by atoms with Crippen LogP contribution in [0.4, 0.5) is 5.69 Å². The van der Waals surface area contributed by atoms with Crippen molar-refractivity contribution < 1.29 is 14.3 Å². The lowest BCUT2D eigenvalue weighted by Gasteiger charge is -2.18. The van der Waals surface area contributed by atoms with Crippen molar-refractivity contribution in [2.75, 3.05) is 11.9 Å². The second-order valence-electron chi connectivity index (χ2n) is 5.83. The highest BCUT2D eigenvalue weighted by Crippen LogP contribution is 2.38. The van der Waals surface area contributed by atoms with Gasteiger partial charge in [0.25, 0.3) is 0 Å². The number of anilines is 1. The van der Waals surface area contributed by atoms with Crippen LogP contribution in [0.25, 0.3) is 0 Å². The number of hydrogen-bond donors (Lipinski definition) is 2. The minimum atomic E-state index is -0.549. The summed E-state index contributed by atoms with van der Waals surface area (Å²) in [5, 5.41) is 2.87. The van der Waals surface area contributed by atoms with Crippen molar-refractivity contribution in [1.82, 2.24) is 0 Å². The number of amides is 1. The standard InChI is InChI=1S/C16H22N2O3/c1-4-21-14(19)8-6-12(17)10-5-7-13-11(9-10)16(2,3)15(20)18-13/h5,7,9,12H,4,6,8,17H2,1-3H3,(H,18,20). The maximum absolute atomic E-state index is 11.9. The number of nitrogens with two attached hydrogens (primary N) is 1. The molecule has 1 amide bonds. The molecule has 0 radical (unpaired) electrons. The molecule has 1 atom stereocenters. The Balaban J connectivity index is 2.11. The molecule has 1 aromatic rings. The van der Waals surface area contributed by atoms with Crippen molar-refractivity contribution in [3.05, 3.63) is 29.3 Å². The van der Waals surface area contributed by atoms with Crippen LogP contribution >= 0.6 is 0 Å². The minimum Gasteiger partial charge on any atom is -0.466 e. The van der Waals surface area contributed by atoms with Gasteiger partial charge in [-0.2, -0.15) is 0 Å². The lowest BCUT2D eigenvalue weighted by atomic mass is 9.84. The molecule has 114 valence electrons. The quantitative estimate of drug-likeness (QED) is 0.815. The third-order valence-corrected chi connectivity index (χ3v) is 3.93. The molecule has 5 heteroatoms. The number of rotatable bonds is 5. The predicted octanol–water partition coefficient (Wildman–Crippen LogP) is 2.26. The van der Waals surface area contributed by atoms with Crippen molar-refractivity contribution in [1.29, 1.82) is 0 Å². The van der Waals surface area contributed by atoms with Gasteiger partial charge in [0.2, 0.25) is 5.91 Å². The third kappa shape index (κ3) is 3.08. The number of esters is 1. The normalized spacial score (nSPS) is 17.0. The molecule has 21 heavy (non-hydrogen) atoms. The Kier molecular flexibility index (Phi) is 4.32. The summed E-state index contributed by atoms with van der Waals surface area (Å²) in [5.74, 6) is -0.235. The van der Waals surface area contributed by atoms with Gasteiger partial charge < -0.3 is 15.8 Å². The van der Waals surface area contributed by atoms with Crippen molar-refractivity contribution >= 4 is 17.6 Å². The predicted molar refractivity (Wildman–Crippen MR) is 80.9 cm³/mol. The monoisotopic (exact) mass is 290 g/mol. The number of carbonyl (C=O) groups excluding carboxylic acids is 2. The fourth-order valence-corrected chi connectivity index (χ4v) is 2.49. The third-order valence-electron chi connectivity index (χ3n) is 3.93. The first-order valence-electron chi connectivity index (χ1n) is 7.23. The average molecular weight is 290 g/mol. The van der Waals surface area contributed by atoms with Gasteiger partial charge in [-0.1, -0.05) is 12.1 Å². The van der Waals surface area contributed by atoms with Gasteiger partial charge in [-0.3, -0.25) is 9.59 Å². The van der Waals surface area contributed by atoms with E-state index in [1.165, 1.54) is 0 Å². The lowest BCUT2D eigenvalue weighted by molar-refractivity contribution is -0.143. The van der Waals surface area contributed by atoms with Gasteiger partial charge in [-0.25, -0.2) is 0 Å². The summed E-state index contributed by atoms with van der Waals surface area (Å²) in [6, 6.07) is 5.49. The largest absolute Gasteiger partial charge is 0.466 e. The summed E-state index contributed by atoms with van der Waals surface area (Å²) in [5.41, 5.74) is 8.32. The molecule has 1 unspecified atom stereocenters. The van der Waals surface area contributed by atoms with Gasteiger partial charge in [0.1, 0.15) is 0 Å². The minimum absolute atomic E-state index is 0.00487. The highest BCUT2D eigenvalue weighted by atomic mass is 16.5. The molecule has 0 bridgehead atoms. The van der Waals surface area contributed by atoms with Crippen LogP contribution in [-0.4, -0.2) is 18.5 Å². The molecule has 3 N–H and O–H groups in total. The second kappa shape index (κ2) is 5.85. The topological polar surface area (TPSA) is 81.4 Å². The first-order chi connectivity index (χ1) is 9.86. The average Bonchev–Trinajstić information content (AvgIpc) is 2.67. The van der Waals surface area contributed by atoms with E-state index in [2.05, 4.69) is 5.32 Å². The lowest BCUT2D eigenvalue weighted by Crippen LogP contribution is -2.27. The van der Waals surface area contributed by atoms with Crippen molar-refractivity contribution in [2.45, 2.75) is 45.1 Å². The van der Waals surface area contributed by atoms with Crippen LogP contribution in [-0.2, 0) is 19.7 Å². The number of ether oxygens (including phenoxy) is 1. The highest BCUT2D eigenvalue weighted by Gasteiger charge is 2.38. The van der Waals surface area contributed by atoms with Crippen molar-refractivity contribution in [2.24, 2.45) is 5.73 Å². The SMILES string of the molecule is CCOC(=O)CCC(N)c1ccc2c(c1)C(C)(C)C(=O)N2. The maximum atomic E-state index is 11.9. The molecule has 0 fully saturated rings. The van der Waals surface area contributed by atoms with Crippen LogP contribution in [0.5, 0.6) is 0 Å². The summed E-state index contributed by atoms with van der Waals surface area (Å²) >= 11 is 0. The molecule has 0 spiro atoms. The molecule has 1 aliphatic rings. The Morgan fingerprint density at radius 3 is 2.81 bits per heavy atom. The van der Waals surface area contributed by atoms with Gasteiger partial charge in [0.05, 0.1) is 12.0 Å². The zero-order chi connectivity index (χ0) is 15.6. The Morgan fingerprint density at radius 2 is 2.14 bits per heavy atom. The smallest absolute Gasteiger partial charge is 0.305 e. The zero-order valence-corrected chi connectivity index (χ0v) is 12.7. The first-order valence-corrected chi connectivity index (χ1v) is 7.23. The molecular formula is C16H22N2O3. The van der Waals surface area contributed by atoms with E-state index in [0.29, 0.717) is 19.4 Å². The summed E-state index contributed by atoms with van der Waals surface area (Å²) in [6.07, 6.45) is 0.825. The fraction of sp³-hybridized carbons (Fsp3) is 0.500. The van der Waals surface area contributed by atoms with Crippen molar-refractivity contribution in [3.63, 3.8) is 0 Å². The van der Waals surface area contributed by atoms with Crippen molar-refractivity contribution in [3.8, 4) is 0 Å². The van der Waals surface area contributed by atoms with Crippen LogP contribution in [0.3, 0.4) is 0 Å². The molecule has 0 aliphatic carbocycles. The van der Waals surface area contributed by atoms with Crippen LogP contribution in [0, 0.1) is 0 Å². The second-order valence-corrected chi connectivity index (χ2v) is 5.83. The molecule has 1 heterocycles. The Hall–Kier alpha value is -1.88. The van der Waals surface area contributed by atoms with E-state index in [0.717, 1.165) is 16.8 Å². The Morgan fingerprint density at radius 1 is 1.43 bits per heavy atom.